The minimum Gasteiger partial charge on any atom is -0.376 e. The summed E-state index contributed by atoms with van der Waals surface area (Å²) in [6.45, 7) is 0.769. The van der Waals surface area contributed by atoms with Crippen molar-refractivity contribution in [1.82, 2.24) is 0 Å². The molecular formula is C16H15ClFNO2. The van der Waals surface area contributed by atoms with Crippen LogP contribution < -0.4 is 5.32 Å². The van der Waals surface area contributed by atoms with Crippen molar-refractivity contribution in [3.8, 4) is 0 Å². The van der Waals surface area contributed by atoms with E-state index in [1.54, 1.807) is 0 Å². The van der Waals surface area contributed by atoms with Crippen molar-refractivity contribution in [3.05, 3.63) is 64.9 Å². The summed E-state index contributed by atoms with van der Waals surface area (Å²) >= 11 is 5.83. The maximum Gasteiger partial charge on any atom is 0.226 e. The highest BCUT2D eigenvalue weighted by Gasteiger charge is 2.06. The summed E-state index contributed by atoms with van der Waals surface area (Å²) in [4.78, 5) is 11.7. The van der Waals surface area contributed by atoms with Gasteiger partial charge in [-0.15, -0.1) is 0 Å². The summed E-state index contributed by atoms with van der Waals surface area (Å²) in [5, 5.41) is 2.79. The number of benzene rings is 2. The number of amides is 1. The van der Waals surface area contributed by atoms with Crippen molar-refractivity contribution in [3.63, 3.8) is 0 Å². The fraction of sp³-hybridized carbons (Fsp3) is 0.188. The normalized spacial score (nSPS) is 10.4. The zero-order chi connectivity index (χ0) is 15.1. The smallest absolute Gasteiger partial charge is 0.226 e. The van der Waals surface area contributed by atoms with Gasteiger partial charge in [0, 0.05) is 0 Å². The van der Waals surface area contributed by atoms with Crippen molar-refractivity contribution in [2.24, 2.45) is 0 Å². The van der Waals surface area contributed by atoms with Crippen molar-refractivity contribution in [1.29, 1.82) is 0 Å². The van der Waals surface area contributed by atoms with Gasteiger partial charge in [0.2, 0.25) is 5.91 Å². The van der Waals surface area contributed by atoms with Crippen LogP contribution in [0.2, 0.25) is 5.02 Å². The predicted octanol–water partition coefficient (Wildman–Crippen LogP) is 4.02. The number of nitrogens with one attached hydrogen (secondary N) is 1. The molecule has 0 heterocycles. The quantitative estimate of drug-likeness (QED) is 0.818. The summed E-state index contributed by atoms with van der Waals surface area (Å²) in [6, 6.07) is 13.5. The van der Waals surface area contributed by atoms with Crippen molar-refractivity contribution in [2.75, 3.05) is 11.9 Å². The van der Waals surface area contributed by atoms with Crippen LogP contribution in [-0.4, -0.2) is 12.5 Å². The summed E-state index contributed by atoms with van der Waals surface area (Å²) in [5.41, 5.74) is 1.45. The Morgan fingerprint density at radius 3 is 2.67 bits per heavy atom. The molecule has 0 unspecified atom stereocenters. The Morgan fingerprint density at radius 2 is 1.95 bits per heavy atom. The van der Waals surface area contributed by atoms with E-state index in [9.17, 15) is 9.18 Å². The van der Waals surface area contributed by atoms with E-state index < -0.39 is 5.82 Å². The van der Waals surface area contributed by atoms with Crippen molar-refractivity contribution in [2.45, 2.75) is 13.0 Å². The largest absolute Gasteiger partial charge is 0.376 e. The fourth-order valence-corrected chi connectivity index (χ4v) is 1.95. The van der Waals surface area contributed by atoms with Gasteiger partial charge in [0.1, 0.15) is 5.82 Å². The van der Waals surface area contributed by atoms with E-state index in [2.05, 4.69) is 5.32 Å². The standard InChI is InChI=1S/C16H15ClFNO2/c17-14-10-13(18)6-7-15(14)19-16(20)8-9-21-11-12-4-2-1-3-5-12/h1-7,10H,8-9,11H2,(H,19,20). The molecule has 0 aromatic heterocycles. The zero-order valence-corrected chi connectivity index (χ0v) is 12.1. The lowest BCUT2D eigenvalue weighted by molar-refractivity contribution is -0.117. The minimum absolute atomic E-state index is 0.175. The van der Waals surface area contributed by atoms with Gasteiger partial charge in [-0.25, -0.2) is 4.39 Å². The van der Waals surface area contributed by atoms with Crippen LogP contribution in [0.25, 0.3) is 0 Å². The number of carbonyl (C=O) groups is 1. The van der Waals surface area contributed by atoms with E-state index >= 15 is 0 Å². The molecule has 21 heavy (non-hydrogen) atoms. The summed E-state index contributed by atoms with van der Waals surface area (Å²) in [7, 11) is 0. The van der Waals surface area contributed by atoms with Crippen LogP contribution >= 0.6 is 11.6 Å². The van der Waals surface area contributed by atoms with Gasteiger partial charge in [-0.3, -0.25) is 4.79 Å². The van der Waals surface area contributed by atoms with Crippen LogP contribution in [0.4, 0.5) is 10.1 Å². The van der Waals surface area contributed by atoms with Gasteiger partial charge in [0.25, 0.3) is 0 Å². The van der Waals surface area contributed by atoms with Crippen LogP contribution in [0.1, 0.15) is 12.0 Å². The molecule has 2 aromatic carbocycles. The molecule has 2 rings (SSSR count). The molecule has 0 radical (unpaired) electrons. The van der Waals surface area contributed by atoms with Crippen LogP contribution in [0.15, 0.2) is 48.5 Å². The first-order valence-electron chi connectivity index (χ1n) is 6.52. The van der Waals surface area contributed by atoms with Crippen LogP contribution in [-0.2, 0) is 16.1 Å². The van der Waals surface area contributed by atoms with Gasteiger partial charge < -0.3 is 10.1 Å². The molecular weight excluding hydrogens is 293 g/mol. The molecule has 0 aliphatic heterocycles. The molecule has 0 bridgehead atoms. The Kier molecular flexibility index (Phi) is 5.72. The minimum atomic E-state index is -0.441. The highest BCUT2D eigenvalue weighted by Crippen LogP contribution is 2.22. The zero-order valence-electron chi connectivity index (χ0n) is 11.3. The highest BCUT2D eigenvalue weighted by atomic mass is 35.5. The molecule has 1 amide bonds. The molecule has 0 aliphatic rings. The molecule has 0 saturated heterocycles. The first-order chi connectivity index (χ1) is 10.1. The van der Waals surface area contributed by atoms with E-state index in [0.29, 0.717) is 18.9 Å². The van der Waals surface area contributed by atoms with Crippen LogP contribution in [0.3, 0.4) is 0 Å². The fourth-order valence-electron chi connectivity index (χ4n) is 1.73. The highest BCUT2D eigenvalue weighted by molar-refractivity contribution is 6.33. The number of anilines is 1. The summed E-state index contributed by atoms with van der Waals surface area (Å²) in [6.07, 6.45) is 0.209. The molecule has 0 fully saturated rings. The Bertz CT molecular complexity index is 604. The number of halogens is 2. The molecule has 2 aromatic rings. The first-order valence-corrected chi connectivity index (χ1v) is 6.89. The molecule has 5 heteroatoms. The van der Waals surface area contributed by atoms with Crippen molar-refractivity contribution < 1.29 is 13.9 Å². The Morgan fingerprint density at radius 1 is 1.19 bits per heavy atom. The van der Waals surface area contributed by atoms with Gasteiger partial charge in [-0.1, -0.05) is 41.9 Å². The van der Waals surface area contributed by atoms with E-state index in [1.807, 2.05) is 30.3 Å². The third-order valence-corrected chi connectivity index (χ3v) is 3.10. The first kappa shape index (κ1) is 15.5. The molecule has 3 nitrogen and oxygen atoms in total. The maximum absolute atomic E-state index is 12.9. The van der Waals surface area contributed by atoms with E-state index in [1.165, 1.54) is 12.1 Å². The van der Waals surface area contributed by atoms with Gasteiger partial charge in [-0.2, -0.15) is 0 Å². The maximum atomic E-state index is 12.9. The Labute approximate surface area is 127 Å². The second-order valence-electron chi connectivity index (χ2n) is 4.46. The number of hydrogen-bond acceptors (Lipinski definition) is 2. The average Bonchev–Trinajstić information content (AvgIpc) is 2.48. The number of hydrogen-bond donors (Lipinski definition) is 1. The second kappa shape index (κ2) is 7.76. The topological polar surface area (TPSA) is 38.3 Å². The lowest BCUT2D eigenvalue weighted by atomic mass is 10.2. The molecule has 0 aliphatic carbocycles. The average molecular weight is 308 g/mol. The van der Waals surface area contributed by atoms with E-state index in [4.69, 9.17) is 16.3 Å². The molecule has 0 saturated carbocycles. The van der Waals surface area contributed by atoms with Gasteiger partial charge in [-0.05, 0) is 23.8 Å². The molecule has 0 spiro atoms. The van der Waals surface area contributed by atoms with E-state index in [0.717, 1.165) is 11.6 Å². The number of rotatable bonds is 6. The van der Waals surface area contributed by atoms with Gasteiger partial charge in [0.05, 0.1) is 30.3 Å². The number of ether oxygens (including phenoxy) is 1. The van der Waals surface area contributed by atoms with Gasteiger partial charge >= 0.3 is 0 Å². The SMILES string of the molecule is O=C(CCOCc1ccccc1)Nc1ccc(F)cc1Cl. The Hall–Kier alpha value is -1.91. The van der Waals surface area contributed by atoms with Crippen molar-refractivity contribution >= 4 is 23.2 Å². The molecule has 110 valence electrons. The molecule has 0 atom stereocenters. The third-order valence-electron chi connectivity index (χ3n) is 2.79. The third kappa shape index (κ3) is 5.17. The monoisotopic (exact) mass is 307 g/mol. The summed E-state index contributed by atoms with van der Waals surface area (Å²) < 4.78 is 18.3. The van der Waals surface area contributed by atoms with Crippen LogP contribution in [0.5, 0.6) is 0 Å². The lowest BCUT2D eigenvalue weighted by Gasteiger charge is -2.08. The van der Waals surface area contributed by atoms with Gasteiger partial charge in [0.15, 0.2) is 0 Å². The second-order valence-corrected chi connectivity index (χ2v) is 4.87. The van der Waals surface area contributed by atoms with Crippen LogP contribution in [0, 0.1) is 5.82 Å². The lowest BCUT2D eigenvalue weighted by Crippen LogP contribution is -2.14. The Balaban J connectivity index is 1.72. The number of carbonyl (C=O) groups excluding carboxylic acids is 1. The summed E-state index contributed by atoms with van der Waals surface area (Å²) in [5.74, 6) is -0.666. The van der Waals surface area contributed by atoms with E-state index in [-0.39, 0.29) is 17.4 Å². The molecule has 1 N–H and O–H groups in total. The predicted molar refractivity (Wildman–Crippen MR) is 80.8 cm³/mol.